The van der Waals surface area contributed by atoms with Gasteiger partial charge < -0.3 is 10.2 Å². The van der Waals surface area contributed by atoms with Crippen molar-refractivity contribution in [3.63, 3.8) is 0 Å². The Morgan fingerprint density at radius 1 is 1.32 bits per heavy atom. The molecule has 19 heavy (non-hydrogen) atoms. The quantitative estimate of drug-likeness (QED) is 0.870. The lowest BCUT2D eigenvalue weighted by atomic mass is 10.2. The van der Waals surface area contributed by atoms with Gasteiger partial charge in [0.15, 0.2) is 0 Å². The van der Waals surface area contributed by atoms with E-state index in [2.05, 4.69) is 5.32 Å². The van der Waals surface area contributed by atoms with Crippen LogP contribution in [0.3, 0.4) is 0 Å². The second-order valence-corrected chi connectivity index (χ2v) is 6.58. The summed E-state index contributed by atoms with van der Waals surface area (Å²) < 4.78 is 22.4. The number of rotatable bonds is 4. The highest BCUT2D eigenvalue weighted by molar-refractivity contribution is 8.13. The average molecular weight is 305 g/mol. The largest absolute Gasteiger partial charge is 0.325 e. The van der Waals surface area contributed by atoms with Crippen LogP contribution >= 0.6 is 10.7 Å². The number of anilines is 1. The summed E-state index contributed by atoms with van der Waals surface area (Å²) in [7, 11) is 1.51. The minimum Gasteiger partial charge on any atom is -0.325 e. The third-order valence-electron chi connectivity index (χ3n) is 2.77. The Morgan fingerprint density at radius 2 is 1.89 bits per heavy atom. The lowest BCUT2D eigenvalue weighted by molar-refractivity contribution is 0.217. The minimum absolute atomic E-state index is 0.0208. The van der Waals surface area contributed by atoms with Gasteiger partial charge in [-0.1, -0.05) is 0 Å². The normalized spacial score (nSPS) is 11.2. The third-order valence-corrected chi connectivity index (χ3v) is 4.12. The van der Waals surface area contributed by atoms with E-state index in [0.29, 0.717) is 24.3 Å². The van der Waals surface area contributed by atoms with E-state index in [-0.39, 0.29) is 10.9 Å². The molecule has 0 aliphatic heterocycles. The molecule has 0 aromatic heterocycles. The van der Waals surface area contributed by atoms with Gasteiger partial charge in [-0.15, -0.1) is 0 Å². The van der Waals surface area contributed by atoms with Gasteiger partial charge >= 0.3 is 6.03 Å². The molecule has 0 saturated heterocycles. The van der Waals surface area contributed by atoms with Gasteiger partial charge in [0.1, 0.15) is 0 Å². The maximum atomic E-state index is 11.9. The van der Waals surface area contributed by atoms with E-state index >= 15 is 0 Å². The molecular weight excluding hydrogens is 288 g/mol. The van der Waals surface area contributed by atoms with Crippen molar-refractivity contribution in [2.24, 2.45) is 0 Å². The van der Waals surface area contributed by atoms with E-state index in [9.17, 15) is 13.2 Å². The number of hydrogen-bond donors (Lipinski definition) is 1. The van der Waals surface area contributed by atoms with E-state index in [1.807, 2.05) is 13.8 Å². The zero-order chi connectivity index (χ0) is 14.6. The van der Waals surface area contributed by atoms with Crippen LogP contribution in [-0.2, 0) is 9.05 Å². The molecule has 0 saturated carbocycles. The van der Waals surface area contributed by atoms with E-state index in [1.165, 1.54) is 18.2 Å². The Kier molecular flexibility index (Phi) is 5.20. The van der Waals surface area contributed by atoms with Crippen molar-refractivity contribution < 1.29 is 13.2 Å². The fraction of sp³-hybridized carbons (Fsp3) is 0.417. The number of amides is 2. The Balaban J connectivity index is 2.96. The van der Waals surface area contributed by atoms with Crippen molar-refractivity contribution in [1.29, 1.82) is 0 Å². The van der Waals surface area contributed by atoms with E-state index in [1.54, 1.807) is 11.8 Å². The van der Waals surface area contributed by atoms with Gasteiger partial charge in [0.25, 0.3) is 9.05 Å². The van der Waals surface area contributed by atoms with Gasteiger partial charge in [0, 0.05) is 29.5 Å². The van der Waals surface area contributed by atoms with Gasteiger partial charge in [-0.05, 0) is 44.5 Å². The predicted octanol–water partition coefficient (Wildman–Crippen LogP) is 2.80. The number of nitrogens with one attached hydrogen (secondary N) is 1. The molecule has 1 aromatic carbocycles. The van der Waals surface area contributed by atoms with Crippen molar-refractivity contribution in [3.8, 4) is 0 Å². The molecule has 0 radical (unpaired) electrons. The van der Waals surface area contributed by atoms with Crippen LogP contribution in [0.4, 0.5) is 10.5 Å². The summed E-state index contributed by atoms with van der Waals surface area (Å²) in [6.45, 7) is 6.70. The van der Waals surface area contributed by atoms with Gasteiger partial charge in [-0.2, -0.15) is 0 Å². The van der Waals surface area contributed by atoms with Crippen LogP contribution in [0.2, 0.25) is 0 Å². The number of nitrogens with zero attached hydrogens (tertiary/aromatic N) is 1. The lowest BCUT2D eigenvalue weighted by Crippen LogP contribution is -2.34. The zero-order valence-corrected chi connectivity index (χ0v) is 12.7. The van der Waals surface area contributed by atoms with Crippen LogP contribution < -0.4 is 5.32 Å². The number of aryl methyl sites for hydroxylation is 1. The van der Waals surface area contributed by atoms with Crippen LogP contribution in [0.25, 0.3) is 0 Å². The first-order chi connectivity index (χ1) is 8.79. The van der Waals surface area contributed by atoms with Crippen LogP contribution in [0.15, 0.2) is 23.1 Å². The average Bonchev–Trinajstić information content (AvgIpc) is 2.32. The van der Waals surface area contributed by atoms with Gasteiger partial charge in [-0.25, -0.2) is 13.2 Å². The second-order valence-electron chi connectivity index (χ2n) is 4.02. The summed E-state index contributed by atoms with van der Waals surface area (Å²) in [6, 6.07) is 4.12. The number of halogens is 1. The predicted molar refractivity (Wildman–Crippen MR) is 76.2 cm³/mol. The summed E-state index contributed by atoms with van der Waals surface area (Å²) in [5.74, 6) is 0. The maximum absolute atomic E-state index is 11.9. The highest BCUT2D eigenvalue weighted by Gasteiger charge is 2.14. The standard InChI is InChI=1S/C12H17ClN2O3S/c1-4-15(5-2)12(16)14-11-7-6-10(8-9(11)3)19(13,17)18/h6-8H,4-5H2,1-3H3,(H,14,16). The Bertz CT molecular complexity index is 568. The van der Waals surface area contributed by atoms with Crippen molar-refractivity contribution >= 4 is 31.5 Å². The molecule has 106 valence electrons. The number of carbonyl (C=O) groups is 1. The Morgan fingerprint density at radius 3 is 2.32 bits per heavy atom. The summed E-state index contributed by atoms with van der Waals surface area (Å²) in [5, 5.41) is 2.74. The monoisotopic (exact) mass is 304 g/mol. The summed E-state index contributed by atoms with van der Waals surface area (Å²) in [6.07, 6.45) is 0. The van der Waals surface area contributed by atoms with Crippen molar-refractivity contribution in [2.45, 2.75) is 25.7 Å². The summed E-state index contributed by atoms with van der Waals surface area (Å²) in [5.41, 5.74) is 1.21. The Hall–Kier alpha value is -1.27. The molecule has 0 atom stereocenters. The molecule has 0 fully saturated rings. The van der Waals surface area contributed by atoms with Crippen LogP contribution in [-0.4, -0.2) is 32.4 Å². The molecule has 0 unspecified atom stereocenters. The highest BCUT2D eigenvalue weighted by Crippen LogP contribution is 2.22. The maximum Gasteiger partial charge on any atom is 0.321 e. The highest BCUT2D eigenvalue weighted by atomic mass is 35.7. The molecule has 7 heteroatoms. The molecule has 2 amide bonds. The fourth-order valence-electron chi connectivity index (χ4n) is 1.63. The third kappa shape index (κ3) is 4.11. The molecule has 1 aromatic rings. The zero-order valence-electron chi connectivity index (χ0n) is 11.1. The number of carbonyl (C=O) groups excluding carboxylic acids is 1. The van der Waals surface area contributed by atoms with Crippen LogP contribution in [0.1, 0.15) is 19.4 Å². The first-order valence-electron chi connectivity index (χ1n) is 5.90. The Labute approximate surface area is 118 Å². The molecule has 0 heterocycles. The fourth-order valence-corrected chi connectivity index (χ4v) is 2.47. The topological polar surface area (TPSA) is 66.5 Å². The molecule has 0 aliphatic carbocycles. The molecule has 0 spiro atoms. The number of hydrogen-bond acceptors (Lipinski definition) is 3. The first-order valence-corrected chi connectivity index (χ1v) is 8.21. The van der Waals surface area contributed by atoms with Crippen LogP contribution in [0, 0.1) is 6.92 Å². The van der Waals surface area contributed by atoms with E-state index in [4.69, 9.17) is 10.7 Å². The number of urea groups is 1. The molecule has 0 aliphatic rings. The minimum atomic E-state index is -3.75. The molecule has 0 bridgehead atoms. The van der Waals surface area contributed by atoms with Gasteiger partial charge in [-0.3, -0.25) is 0 Å². The lowest BCUT2D eigenvalue weighted by Gasteiger charge is -2.20. The van der Waals surface area contributed by atoms with E-state index in [0.717, 1.165) is 0 Å². The summed E-state index contributed by atoms with van der Waals surface area (Å²) in [4.78, 5) is 13.5. The smallest absolute Gasteiger partial charge is 0.321 e. The van der Waals surface area contributed by atoms with Crippen LogP contribution in [0.5, 0.6) is 0 Å². The summed E-state index contributed by atoms with van der Waals surface area (Å²) >= 11 is 0. The SMILES string of the molecule is CCN(CC)C(=O)Nc1ccc(S(=O)(=O)Cl)cc1C. The molecule has 1 rings (SSSR count). The molecular formula is C12H17ClN2O3S. The van der Waals surface area contributed by atoms with Gasteiger partial charge in [0.2, 0.25) is 0 Å². The van der Waals surface area contributed by atoms with Gasteiger partial charge in [0.05, 0.1) is 4.90 Å². The molecule has 1 N–H and O–H groups in total. The van der Waals surface area contributed by atoms with Crippen molar-refractivity contribution in [1.82, 2.24) is 4.90 Å². The first kappa shape index (κ1) is 15.8. The molecule has 5 nitrogen and oxygen atoms in total. The number of benzene rings is 1. The second kappa shape index (κ2) is 6.25. The van der Waals surface area contributed by atoms with Crippen molar-refractivity contribution in [3.05, 3.63) is 23.8 Å². The van der Waals surface area contributed by atoms with E-state index < -0.39 is 9.05 Å². The van der Waals surface area contributed by atoms with Crippen molar-refractivity contribution in [2.75, 3.05) is 18.4 Å².